The predicted octanol–water partition coefficient (Wildman–Crippen LogP) is 2.60. The molecule has 138 valence electrons. The number of hydrogen-bond donors (Lipinski definition) is 0. The van der Waals surface area contributed by atoms with Crippen molar-refractivity contribution < 1.29 is 27.5 Å². The number of nitrogens with zero attached hydrogens (tertiary/aromatic N) is 2. The van der Waals surface area contributed by atoms with Crippen LogP contribution in [-0.4, -0.2) is 54.0 Å². The fourth-order valence-electron chi connectivity index (χ4n) is 2.80. The third kappa shape index (κ3) is 5.11. The van der Waals surface area contributed by atoms with Crippen molar-refractivity contribution in [3.63, 3.8) is 0 Å². The van der Waals surface area contributed by atoms with Crippen LogP contribution in [0.25, 0.3) is 0 Å². The Hall–Kier alpha value is -2.25. The molecule has 8 heteroatoms. The molecule has 0 unspecified atom stereocenters. The van der Waals surface area contributed by atoms with Crippen LogP contribution in [0.4, 0.5) is 13.2 Å². The maximum Gasteiger partial charge on any atom is 0.389 e. The number of alkyl halides is 3. The zero-order valence-electron chi connectivity index (χ0n) is 14.2. The number of carbonyl (C=O) groups excluding carboxylic acids is 2. The third-order valence-electron chi connectivity index (χ3n) is 4.17. The second kappa shape index (κ2) is 7.76. The van der Waals surface area contributed by atoms with Gasteiger partial charge in [-0.2, -0.15) is 13.2 Å². The van der Waals surface area contributed by atoms with Gasteiger partial charge in [-0.1, -0.05) is 12.1 Å². The van der Waals surface area contributed by atoms with Crippen LogP contribution < -0.4 is 4.74 Å². The molecule has 1 aliphatic heterocycles. The van der Waals surface area contributed by atoms with E-state index >= 15 is 0 Å². The maximum absolute atomic E-state index is 12.5. The number of halogens is 3. The van der Waals surface area contributed by atoms with E-state index in [-0.39, 0.29) is 37.9 Å². The van der Waals surface area contributed by atoms with Gasteiger partial charge >= 0.3 is 6.18 Å². The summed E-state index contributed by atoms with van der Waals surface area (Å²) in [5, 5.41) is 0. The molecular formula is C17H21F3N2O3. The summed E-state index contributed by atoms with van der Waals surface area (Å²) in [7, 11) is 1.55. The van der Waals surface area contributed by atoms with Crippen molar-refractivity contribution in [2.45, 2.75) is 38.5 Å². The van der Waals surface area contributed by atoms with Crippen LogP contribution in [0.3, 0.4) is 0 Å². The smallest absolute Gasteiger partial charge is 0.389 e. The number of amides is 2. The average molecular weight is 358 g/mol. The van der Waals surface area contributed by atoms with E-state index in [0.29, 0.717) is 5.75 Å². The first kappa shape index (κ1) is 19.1. The number of methoxy groups -OCH3 is 1. The minimum Gasteiger partial charge on any atom is -0.497 e. The molecule has 2 amide bonds. The van der Waals surface area contributed by atoms with Crippen LogP contribution in [-0.2, 0) is 16.1 Å². The Morgan fingerprint density at radius 1 is 1.20 bits per heavy atom. The molecule has 0 N–H and O–H groups in total. The Labute approximate surface area is 144 Å². The Morgan fingerprint density at radius 2 is 1.84 bits per heavy atom. The van der Waals surface area contributed by atoms with E-state index in [2.05, 4.69) is 0 Å². The molecule has 0 radical (unpaired) electrons. The van der Waals surface area contributed by atoms with Gasteiger partial charge in [0.15, 0.2) is 0 Å². The molecule has 1 fully saturated rings. The van der Waals surface area contributed by atoms with Gasteiger partial charge < -0.3 is 14.5 Å². The van der Waals surface area contributed by atoms with Gasteiger partial charge in [0, 0.05) is 19.5 Å². The van der Waals surface area contributed by atoms with Gasteiger partial charge in [-0.25, -0.2) is 0 Å². The maximum atomic E-state index is 12.5. The normalized spacial score (nSPS) is 18.7. The molecule has 2 rings (SSSR count). The molecular weight excluding hydrogens is 337 g/mol. The van der Waals surface area contributed by atoms with E-state index in [1.54, 1.807) is 38.3 Å². The molecule has 1 atom stereocenters. The van der Waals surface area contributed by atoms with E-state index in [0.717, 1.165) is 5.56 Å². The zero-order valence-corrected chi connectivity index (χ0v) is 14.2. The van der Waals surface area contributed by atoms with Crippen LogP contribution in [0.15, 0.2) is 24.3 Å². The van der Waals surface area contributed by atoms with Crippen molar-refractivity contribution in [2.24, 2.45) is 0 Å². The second-order valence-electron chi connectivity index (χ2n) is 6.02. The van der Waals surface area contributed by atoms with Crippen LogP contribution >= 0.6 is 0 Å². The van der Waals surface area contributed by atoms with Gasteiger partial charge in [-0.05, 0) is 31.0 Å². The highest BCUT2D eigenvalue weighted by molar-refractivity contribution is 5.94. The number of hydrogen-bond acceptors (Lipinski definition) is 3. The highest BCUT2D eigenvalue weighted by atomic mass is 19.4. The van der Waals surface area contributed by atoms with E-state index in [9.17, 15) is 22.8 Å². The first-order valence-electron chi connectivity index (χ1n) is 7.99. The van der Waals surface area contributed by atoms with Crippen molar-refractivity contribution >= 4 is 11.8 Å². The van der Waals surface area contributed by atoms with Gasteiger partial charge in [-0.3, -0.25) is 9.59 Å². The molecule has 0 saturated carbocycles. The fraction of sp³-hybridized carbons (Fsp3) is 0.529. The minimum absolute atomic E-state index is 0.0678. The number of carbonyl (C=O) groups is 2. The quantitative estimate of drug-likeness (QED) is 0.785. The molecule has 0 bridgehead atoms. The zero-order chi connectivity index (χ0) is 18.6. The van der Waals surface area contributed by atoms with Gasteiger partial charge in [0.1, 0.15) is 18.3 Å². The Balaban J connectivity index is 1.96. The molecule has 1 aliphatic rings. The molecule has 1 heterocycles. The monoisotopic (exact) mass is 358 g/mol. The second-order valence-corrected chi connectivity index (χ2v) is 6.02. The summed E-state index contributed by atoms with van der Waals surface area (Å²) in [5.74, 6) is 0.0965. The van der Waals surface area contributed by atoms with Gasteiger partial charge in [-0.15, -0.1) is 0 Å². The molecule has 1 aromatic rings. The first-order chi connectivity index (χ1) is 11.7. The lowest BCUT2D eigenvalue weighted by Crippen LogP contribution is -2.58. The SMILES string of the molecule is COc1ccc(CN2CC(=O)N(CCCC(F)(F)F)[C@@H](C)C2=O)cc1. The number of piperazine rings is 1. The number of ether oxygens (including phenoxy) is 1. The summed E-state index contributed by atoms with van der Waals surface area (Å²) >= 11 is 0. The summed E-state index contributed by atoms with van der Waals surface area (Å²) < 4.78 is 41.8. The fourth-order valence-corrected chi connectivity index (χ4v) is 2.80. The van der Waals surface area contributed by atoms with Crippen molar-refractivity contribution in [3.05, 3.63) is 29.8 Å². The molecule has 25 heavy (non-hydrogen) atoms. The van der Waals surface area contributed by atoms with Crippen LogP contribution in [0.1, 0.15) is 25.3 Å². The molecule has 1 aromatic carbocycles. The minimum atomic E-state index is -4.26. The lowest BCUT2D eigenvalue weighted by atomic mass is 10.1. The lowest BCUT2D eigenvalue weighted by molar-refractivity contribution is -0.157. The molecule has 0 spiro atoms. The Bertz CT molecular complexity index is 617. The molecule has 5 nitrogen and oxygen atoms in total. The summed E-state index contributed by atoms with van der Waals surface area (Å²) in [6.07, 6.45) is -5.43. The number of rotatable bonds is 6. The largest absolute Gasteiger partial charge is 0.497 e. The van der Waals surface area contributed by atoms with E-state index in [1.165, 1.54) is 9.80 Å². The summed E-state index contributed by atoms with van der Waals surface area (Å²) in [4.78, 5) is 27.4. The van der Waals surface area contributed by atoms with E-state index in [4.69, 9.17) is 4.74 Å². The summed E-state index contributed by atoms with van der Waals surface area (Å²) in [5.41, 5.74) is 0.847. The summed E-state index contributed by atoms with van der Waals surface area (Å²) in [6, 6.07) is 6.37. The van der Waals surface area contributed by atoms with Gasteiger partial charge in [0.05, 0.1) is 7.11 Å². The van der Waals surface area contributed by atoms with Gasteiger partial charge in [0.25, 0.3) is 0 Å². The van der Waals surface area contributed by atoms with E-state index in [1.807, 2.05) is 0 Å². The van der Waals surface area contributed by atoms with Crippen molar-refractivity contribution in [2.75, 3.05) is 20.2 Å². The number of benzene rings is 1. The van der Waals surface area contributed by atoms with Crippen LogP contribution in [0.5, 0.6) is 5.75 Å². The first-order valence-corrected chi connectivity index (χ1v) is 7.99. The third-order valence-corrected chi connectivity index (χ3v) is 4.17. The summed E-state index contributed by atoms with van der Waals surface area (Å²) in [6.45, 7) is 1.63. The topological polar surface area (TPSA) is 49.9 Å². The van der Waals surface area contributed by atoms with Gasteiger partial charge in [0.2, 0.25) is 11.8 Å². The lowest BCUT2D eigenvalue weighted by Gasteiger charge is -2.39. The Kier molecular flexibility index (Phi) is 5.92. The van der Waals surface area contributed by atoms with Crippen LogP contribution in [0, 0.1) is 0 Å². The highest BCUT2D eigenvalue weighted by Crippen LogP contribution is 2.23. The van der Waals surface area contributed by atoms with E-state index < -0.39 is 18.6 Å². The molecule has 0 aliphatic carbocycles. The Morgan fingerprint density at radius 3 is 2.40 bits per heavy atom. The van der Waals surface area contributed by atoms with Crippen molar-refractivity contribution in [1.82, 2.24) is 9.80 Å². The standard InChI is InChI=1S/C17H21F3N2O3/c1-12-16(24)21(10-13-4-6-14(25-2)7-5-13)11-15(23)22(12)9-3-8-17(18,19)20/h4-7,12H,3,8-11H2,1-2H3/t12-/m0/s1. The highest BCUT2D eigenvalue weighted by Gasteiger charge is 2.37. The van der Waals surface area contributed by atoms with Crippen molar-refractivity contribution in [1.29, 1.82) is 0 Å². The van der Waals surface area contributed by atoms with Crippen LogP contribution in [0.2, 0.25) is 0 Å². The molecule has 1 saturated heterocycles. The molecule has 0 aromatic heterocycles. The average Bonchev–Trinajstić information content (AvgIpc) is 2.55. The van der Waals surface area contributed by atoms with Crippen molar-refractivity contribution in [3.8, 4) is 5.75 Å². The predicted molar refractivity (Wildman–Crippen MR) is 84.9 cm³/mol.